The van der Waals surface area contributed by atoms with Crippen LogP contribution in [0.3, 0.4) is 0 Å². The van der Waals surface area contributed by atoms with Crippen LogP contribution in [0.15, 0.2) is 46.9 Å². The number of nitrogens with zero attached hydrogens (tertiary/aromatic N) is 1. The zero-order valence-electron chi connectivity index (χ0n) is 19.2. The molecule has 0 saturated heterocycles. The van der Waals surface area contributed by atoms with Crippen molar-refractivity contribution in [2.75, 3.05) is 13.2 Å². The molecule has 0 bridgehead atoms. The van der Waals surface area contributed by atoms with Crippen molar-refractivity contribution in [2.45, 2.75) is 64.4 Å². The summed E-state index contributed by atoms with van der Waals surface area (Å²) in [5.74, 6) is 0.351. The number of hydrogen-bond donors (Lipinski definition) is 1. The van der Waals surface area contributed by atoms with Crippen LogP contribution in [-0.4, -0.2) is 47.6 Å². The molecule has 33 heavy (non-hydrogen) atoms. The van der Waals surface area contributed by atoms with E-state index >= 15 is 0 Å². The summed E-state index contributed by atoms with van der Waals surface area (Å²) in [4.78, 5) is 15.9. The van der Waals surface area contributed by atoms with E-state index in [0.29, 0.717) is 19.1 Å². The van der Waals surface area contributed by atoms with Crippen LogP contribution >= 0.6 is 0 Å². The first kappa shape index (κ1) is 23.4. The number of aliphatic carboxylic acids is 1. The number of rotatable bonds is 10. The van der Waals surface area contributed by atoms with Gasteiger partial charge < -0.3 is 23.7 Å². The summed E-state index contributed by atoms with van der Waals surface area (Å²) < 4.78 is 23.2. The topological polar surface area (TPSA) is 91.0 Å². The van der Waals surface area contributed by atoms with Gasteiger partial charge in [0.25, 0.3) is 0 Å². The highest BCUT2D eigenvalue weighted by Gasteiger charge is 2.26. The average Bonchev–Trinajstić information content (AvgIpc) is 3.20. The number of carboxylic acid groups (broad SMARTS) is 1. The lowest BCUT2D eigenvalue weighted by atomic mass is 9.95. The van der Waals surface area contributed by atoms with Crippen molar-refractivity contribution in [3.05, 3.63) is 53.9 Å². The molecule has 176 valence electrons. The third-order valence-corrected chi connectivity index (χ3v) is 6.05. The molecule has 4 rings (SSSR count). The Balaban J connectivity index is 1.33. The van der Waals surface area contributed by atoms with Crippen LogP contribution in [0, 0.1) is 6.92 Å². The fraction of sp³-hybridized carbons (Fsp3) is 0.462. The molecule has 0 aliphatic heterocycles. The summed E-state index contributed by atoms with van der Waals surface area (Å²) in [5.41, 5.74) is 1.74. The number of hydrogen-bond acceptors (Lipinski definition) is 6. The highest BCUT2D eigenvalue weighted by atomic mass is 16.6. The standard InChI is InChI=1S/C26H31NO6/c1-3-30-24(26(28)29)16-32-22-10-6-9-21(14-22)31-15-23-17(2)33-25(27-23)20-12-11-18-7-4-5-8-19(18)13-20/h4-5,7-8,11-13,21-22,24H,3,6,9-10,14-16H2,1-2H3,(H,28,29)/t21-,22+,24?/m0/s1. The van der Waals surface area contributed by atoms with Gasteiger partial charge in [0.05, 0.1) is 25.4 Å². The molecule has 1 unspecified atom stereocenters. The molecular weight excluding hydrogens is 422 g/mol. The van der Waals surface area contributed by atoms with E-state index in [1.807, 2.05) is 25.1 Å². The second-order valence-corrected chi connectivity index (χ2v) is 8.42. The molecule has 1 aromatic heterocycles. The Morgan fingerprint density at radius 3 is 2.67 bits per heavy atom. The molecule has 0 spiro atoms. The van der Waals surface area contributed by atoms with E-state index in [1.165, 1.54) is 5.39 Å². The van der Waals surface area contributed by atoms with E-state index in [-0.39, 0.29) is 18.8 Å². The predicted octanol–water partition coefficient (Wildman–Crippen LogP) is 5.14. The number of aryl methyl sites for hydroxylation is 1. The Labute approximate surface area is 193 Å². The molecule has 1 aliphatic rings. The minimum Gasteiger partial charge on any atom is -0.479 e. The first-order chi connectivity index (χ1) is 16.0. The fourth-order valence-corrected chi connectivity index (χ4v) is 4.22. The predicted molar refractivity (Wildman–Crippen MR) is 124 cm³/mol. The van der Waals surface area contributed by atoms with Gasteiger partial charge in [-0.15, -0.1) is 0 Å². The van der Waals surface area contributed by atoms with Gasteiger partial charge in [-0.2, -0.15) is 0 Å². The molecule has 1 N–H and O–H groups in total. The van der Waals surface area contributed by atoms with Gasteiger partial charge in [-0.1, -0.05) is 30.3 Å². The molecule has 2 aromatic carbocycles. The van der Waals surface area contributed by atoms with Crippen molar-refractivity contribution < 1.29 is 28.5 Å². The van der Waals surface area contributed by atoms with Gasteiger partial charge >= 0.3 is 5.97 Å². The molecule has 1 saturated carbocycles. The minimum absolute atomic E-state index is 0.0300. The third-order valence-electron chi connectivity index (χ3n) is 6.05. The van der Waals surface area contributed by atoms with Gasteiger partial charge in [0.2, 0.25) is 5.89 Å². The van der Waals surface area contributed by atoms with E-state index < -0.39 is 12.1 Å². The van der Waals surface area contributed by atoms with E-state index in [9.17, 15) is 9.90 Å². The minimum atomic E-state index is -0.996. The van der Waals surface area contributed by atoms with Gasteiger partial charge in [0.1, 0.15) is 11.5 Å². The summed E-state index contributed by atoms with van der Waals surface area (Å²) in [7, 11) is 0. The quantitative estimate of drug-likeness (QED) is 0.455. The zero-order valence-corrected chi connectivity index (χ0v) is 19.2. The van der Waals surface area contributed by atoms with Gasteiger partial charge in [-0.3, -0.25) is 0 Å². The lowest BCUT2D eigenvalue weighted by Crippen LogP contribution is -2.34. The fourth-order valence-electron chi connectivity index (χ4n) is 4.22. The van der Waals surface area contributed by atoms with Crippen molar-refractivity contribution in [1.29, 1.82) is 0 Å². The zero-order chi connectivity index (χ0) is 23.2. The maximum Gasteiger partial charge on any atom is 0.335 e. The Kier molecular flexibility index (Phi) is 7.75. The first-order valence-corrected chi connectivity index (χ1v) is 11.6. The molecule has 7 heteroatoms. The molecule has 3 aromatic rings. The molecule has 0 radical (unpaired) electrons. The number of fused-ring (bicyclic) bond motifs is 1. The summed E-state index contributed by atoms with van der Waals surface area (Å²) >= 11 is 0. The molecule has 7 nitrogen and oxygen atoms in total. The van der Waals surface area contributed by atoms with Crippen LogP contribution in [0.1, 0.15) is 44.1 Å². The normalized spacial score (nSPS) is 19.6. The SMILES string of the molecule is CCOC(CO[C@@H]1CCC[C@H](OCc2nc(-c3ccc4ccccc4c3)oc2C)C1)C(=O)O. The van der Waals surface area contributed by atoms with Crippen LogP contribution in [0.5, 0.6) is 0 Å². The van der Waals surface area contributed by atoms with E-state index in [1.54, 1.807) is 6.92 Å². The molecular formula is C26H31NO6. The van der Waals surface area contributed by atoms with Gasteiger partial charge in [0, 0.05) is 12.2 Å². The van der Waals surface area contributed by atoms with Gasteiger partial charge in [-0.25, -0.2) is 9.78 Å². The van der Waals surface area contributed by atoms with E-state index in [4.69, 9.17) is 18.6 Å². The van der Waals surface area contributed by atoms with Crippen LogP contribution in [0.4, 0.5) is 0 Å². The molecule has 1 fully saturated rings. The highest BCUT2D eigenvalue weighted by molar-refractivity contribution is 5.86. The maximum absolute atomic E-state index is 11.2. The van der Waals surface area contributed by atoms with E-state index in [0.717, 1.165) is 48.1 Å². The first-order valence-electron chi connectivity index (χ1n) is 11.6. The maximum atomic E-state index is 11.2. The molecule has 1 aliphatic carbocycles. The highest BCUT2D eigenvalue weighted by Crippen LogP contribution is 2.28. The lowest BCUT2D eigenvalue weighted by molar-refractivity contribution is -0.157. The number of ether oxygens (including phenoxy) is 3. The second-order valence-electron chi connectivity index (χ2n) is 8.42. The third kappa shape index (κ3) is 5.99. The Morgan fingerprint density at radius 1 is 1.15 bits per heavy atom. The number of carbonyl (C=O) groups is 1. The van der Waals surface area contributed by atoms with Crippen LogP contribution in [0.25, 0.3) is 22.2 Å². The number of carboxylic acids is 1. The van der Waals surface area contributed by atoms with E-state index in [2.05, 4.69) is 29.2 Å². The molecule has 3 atom stereocenters. The molecule has 0 amide bonds. The number of benzene rings is 2. The van der Waals surface area contributed by atoms with Crippen molar-refractivity contribution in [3.8, 4) is 11.5 Å². The van der Waals surface area contributed by atoms with Crippen LogP contribution in [0.2, 0.25) is 0 Å². The van der Waals surface area contributed by atoms with Gasteiger partial charge in [0.15, 0.2) is 6.10 Å². The summed E-state index contributed by atoms with van der Waals surface area (Å²) in [6.07, 6.45) is 2.63. The number of aromatic nitrogens is 1. The Hall–Kier alpha value is -2.74. The van der Waals surface area contributed by atoms with Crippen molar-refractivity contribution >= 4 is 16.7 Å². The van der Waals surface area contributed by atoms with Crippen LogP contribution in [-0.2, 0) is 25.6 Å². The second kappa shape index (κ2) is 10.9. The summed E-state index contributed by atoms with van der Waals surface area (Å²) in [6.45, 7) is 4.45. The summed E-state index contributed by atoms with van der Waals surface area (Å²) in [6, 6.07) is 14.4. The number of oxazole rings is 1. The van der Waals surface area contributed by atoms with Crippen LogP contribution < -0.4 is 0 Å². The summed E-state index contributed by atoms with van der Waals surface area (Å²) in [5, 5.41) is 11.5. The van der Waals surface area contributed by atoms with Gasteiger partial charge in [-0.05, 0) is 62.4 Å². The van der Waals surface area contributed by atoms with Crippen molar-refractivity contribution in [3.63, 3.8) is 0 Å². The average molecular weight is 454 g/mol. The monoisotopic (exact) mass is 453 g/mol. The largest absolute Gasteiger partial charge is 0.479 e. The Morgan fingerprint density at radius 2 is 1.91 bits per heavy atom. The lowest BCUT2D eigenvalue weighted by Gasteiger charge is -2.29. The molecule has 1 heterocycles. The van der Waals surface area contributed by atoms with Crippen molar-refractivity contribution in [2.24, 2.45) is 0 Å². The smallest absolute Gasteiger partial charge is 0.335 e. The van der Waals surface area contributed by atoms with Crippen molar-refractivity contribution in [1.82, 2.24) is 4.98 Å². The Bertz CT molecular complexity index is 1080.